The van der Waals surface area contributed by atoms with Gasteiger partial charge in [-0.15, -0.1) is 0 Å². The first-order valence-corrected chi connectivity index (χ1v) is 7.08. The molecule has 0 amide bonds. The van der Waals surface area contributed by atoms with Crippen LogP contribution < -0.4 is 5.32 Å². The van der Waals surface area contributed by atoms with Gasteiger partial charge in [0.1, 0.15) is 5.52 Å². The molecule has 0 unspecified atom stereocenters. The molecule has 0 saturated carbocycles. The monoisotopic (exact) mass is 250 g/mol. The molecule has 0 aliphatic carbocycles. The number of hydrogen-bond donors (Lipinski definition) is 1. The third kappa shape index (κ3) is 3.75. The Hall–Kier alpha value is -1.00. The number of nitrogens with zero attached hydrogens (tertiary/aromatic N) is 1. The maximum atomic E-state index is 5.63. The van der Waals surface area contributed by atoms with Crippen molar-refractivity contribution in [2.24, 2.45) is 0 Å². The zero-order chi connectivity index (χ0) is 11.9. The summed E-state index contributed by atoms with van der Waals surface area (Å²) in [6.07, 6.45) is 2.40. The van der Waals surface area contributed by atoms with Crippen LogP contribution in [0.2, 0.25) is 0 Å². The number of nitrogens with one attached hydrogen (secondary N) is 1. The molecule has 0 bridgehead atoms. The van der Waals surface area contributed by atoms with Crippen LogP contribution in [0, 0.1) is 0 Å². The average molecular weight is 250 g/mol. The van der Waals surface area contributed by atoms with Gasteiger partial charge >= 0.3 is 0 Å². The van der Waals surface area contributed by atoms with Gasteiger partial charge in [0.15, 0.2) is 5.58 Å². The summed E-state index contributed by atoms with van der Waals surface area (Å²) in [5, 5.41) is 4.11. The van der Waals surface area contributed by atoms with E-state index >= 15 is 0 Å². The van der Waals surface area contributed by atoms with Gasteiger partial charge in [-0.2, -0.15) is 0 Å². The minimum atomic E-state index is 0.787. The minimum Gasteiger partial charge on any atom is -0.431 e. The Morgan fingerprint density at radius 1 is 1.29 bits per heavy atom. The van der Waals surface area contributed by atoms with Crippen LogP contribution in [0.4, 0.5) is 0 Å². The van der Waals surface area contributed by atoms with E-state index in [0.29, 0.717) is 0 Å². The first-order valence-electron chi connectivity index (χ1n) is 6.09. The Morgan fingerprint density at radius 3 is 3.00 bits per heavy atom. The molecule has 1 aromatic heterocycles. The summed E-state index contributed by atoms with van der Waals surface area (Å²) in [5.41, 5.74) is 1.82. The number of benzene rings is 1. The van der Waals surface area contributed by atoms with Crippen molar-refractivity contribution >= 4 is 22.9 Å². The number of unbranched alkanes of at least 4 members (excludes halogenated alkanes) is 1. The molecule has 0 atom stereocenters. The summed E-state index contributed by atoms with van der Waals surface area (Å²) < 4.78 is 5.63. The van der Waals surface area contributed by atoms with E-state index in [1.54, 1.807) is 11.8 Å². The Labute approximate surface area is 106 Å². The van der Waals surface area contributed by atoms with Crippen LogP contribution in [-0.4, -0.2) is 23.8 Å². The van der Waals surface area contributed by atoms with Gasteiger partial charge in [-0.25, -0.2) is 4.98 Å². The third-order valence-corrected chi connectivity index (χ3v) is 3.41. The lowest BCUT2D eigenvalue weighted by molar-refractivity contribution is 0.489. The molecular weight excluding hydrogens is 232 g/mol. The normalized spacial score (nSPS) is 11.1. The number of aromatic nitrogens is 1. The molecule has 0 aliphatic heterocycles. The second-order valence-electron chi connectivity index (χ2n) is 3.86. The second-order valence-corrected chi connectivity index (χ2v) is 4.90. The van der Waals surface area contributed by atoms with E-state index in [1.165, 1.54) is 12.8 Å². The quantitative estimate of drug-likeness (QED) is 0.604. The maximum Gasteiger partial charge on any atom is 0.256 e. The Kier molecular flexibility index (Phi) is 4.88. The molecule has 4 heteroatoms. The van der Waals surface area contributed by atoms with Crippen LogP contribution in [0.25, 0.3) is 11.1 Å². The molecule has 1 N–H and O–H groups in total. The van der Waals surface area contributed by atoms with Gasteiger partial charge in [0.05, 0.1) is 0 Å². The number of hydrogen-bond acceptors (Lipinski definition) is 4. The Balaban J connectivity index is 1.75. The van der Waals surface area contributed by atoms with Crippen LogP contribution >= 0.6 is 11.8 Å². The topological polar surface area (TPSA) is 38.1 Å². The number of thioether (sulfide) groups is 1. The lowest BCUT2D eigenvalue weighted by Crippen LogP contribution is -2.13. The Morgan fingerprint density at radius 2 is 2.18 bits per heavy atom. The molecule has 3 nitrogen and oxygen atoms in total. The average Bonchev–Trinajstić information content (AvgIpc) is 2.76. The molecule has 2 aromatic rings. The van der Waals surface area contributed by atoms with Gasteiger partial charge in [-0.1, -0.05) is 30.8 Å². The Bertz CT molecular complexity index is 422. The van der Waals surface area contributed by atoms with Crippen molar-refractivity contribution in [3.8, 4) is 0 Å². The summed E-state index contributed by atoms with van der Waals surface area (Å²) in [6, 6.07) is 7.89. The van der Waals surface area contributed by atoms with Crippen molar-refractivity contribution in [3.05, 3.63) is 24.3 Å². The predicted molar refractivity (Wildman–Crippen MR) is 72.5 cm³/mol. The summed E-state index contributed by atoms with van der Waals surface area (Å²) in [4.78, 5) is 4.43. The first-order chi connectivity index (χ1) is 8.40. The lowest BCUT2D eigenvalue weighted by Gasteiger charge is -1.99. The first kappa shape index (κ1) is 12.5. The highest BCUT2D eigenvalue weighted by atomic mass is 32.2. The fourth-order valence-corrected chi connectivity index (χ4v) is 2.44. The number of para-hydroxylation sites is 2. The van der Waals surface area contributed by atoms with Gasteiger partial charge in [0.2, 0.25) is 0 Å². The van der Waals surface area contributed by atoms with E-state index < -0.39 is 0 Å². The van der Waals surface area contributed by atoms with Crippen LogP contribution in [0.1, 0.15) is 19.8 Å². The fraction of sp³-hybridized carbons (Fsp3) is 0.462. The maximum absolute atomic E-state index is 5.63. The molecule has 0 fully saturated rings. The van der Waals surface area contributed by atoms with E-state index in [2.05, 4.69) is 17.2 Å². The fourth-order valence-electron chi connectivity index (χ4n) is 1.60. The van der Waals surface area contributed by atoms with Crippen molar-refractivity contribution < 1.29 is 4.42 Å². The number of oxazole rings is 1. The molecule has 2 rings (SSSR count). The third-order valence-electron chi connectivity index (χ3n) is 2.50. The summed E-state index contributed by atoms with van der Waals surface area (Å²) in [6.45, 7) is 4.29. The van der Waals surface area contributed by atoms with Crippen molar-refractivity contribution in [2.45, 2.75) is 25.0 Å². The van der Waals surface area contributed by atoms with Crippen LogP contribution in [0.15, 0.2) is 33.9 Å². The van der Waals surface area contributed by atoms with Crippen molar-refractivity contribution in [1.82, 2.24) is 10.3 Å². The van der Waals surface area contributed by atoms with Gasteiger partial charge in [0, 0.05) is 5.75 Å². The smallest absolute Gasteiger partial charge is 0.256 e. The largest absolute Gasteiger partial charge is 0.431 e. The molecule has 0 saturated heterocycles. The van der Waals surface area contributed by atoms with Gasteiger partial charge in [-0.3, -0.25) is 0 Å². The molecule has 0 radical (unpaired) electrons. The SMILES string of the molecule is CCNCCCCSc1nc2ccccc2o1. The van der Waals surface area contributed by atoms with Crippen LogP contribution in [0.3, 0.4) is 0 Å². The highest BCUT2D eigenvalue weighted by molar-refractivity contribution is 7.99. The van der Waals surface area contributed by atoms with E-state index in [9.17, 15) is 0 Å². The van der Waals surface area contributed by atoms with E-state index in [0.717, 1.165) is 35.2 Å². The highest BCUT2D eigenvalue weighted by Gasteiger charge is 2.04. The van der Waals surface area contributed by atoms with Crippen molar-refractivity contribution in [2.75, 3.05) is 18.8 Å². The molecule has 92 valence electrons. The molecule has 0 spiro atoms. The second kappa shape index (κ2) is 6.67. The molecule has 0 aliphatic rings. The highest BCUT2D eigenvalue weighted by Crippen LogP contribution is 2.23. The number of fused-ring (bicyclic) bond motifs is 1. The van der Waals surface area contributed by atoms with Crippen LogP contribution in [-0.2, 0) is 0 Å². The van der Waals surface area contributed by atoms with E-state index in [1.807, 2.05) is 24.3 Å². The molecule has 1 aromatic carbocycles. The van der Waals surface area contributed by atoms with E-state index in [-0.39, 0.29) is 0 Å². The lowest BCUT2D eigenvalue weighted by atomic mass is 10.3. The van der Waals surface area contributed by atoms with Gasteiger partial charge in [0.25, 0.3) is 5.22 Å². The summed E-state index contributed by atoms with van der Waals surface area (Å²) >= 11 is 1.70. The van der Waals surface area contributed by atoms with Gasteiger partial charge < -0.3 is 9.73 Å². The molecule has 17 heavy (non-hydrogen) atoms. The molecular formula is C13H18N2OS. The molecule has 1 heterocycles. The zero-order valence-corrected chi connectivity index (χ0v) is 10.9. The van der Waals surface area contributed by atoms with Crippen molar-refractivity contribution in [3.63, 3.8) is 0 Å². The van der Waals surface area contributed by atoms with Crippen LogP contribution in [0.5, 0.6) is 0 Å². The minimum absolute atomic E-state index is 0.787. The zero-order valence-electron chi connectivity index (χ0n) is 10.1. The summed E-state index contributed by atoms with van der Waals surface area (Å²) in [5.74, 6) is 1.07. The number of rotatable bonds is 7. The van der Waals surface area contributed by atoms with Gasteiger partial charge in [-0.05, 0) is 38.1 Å². The standard InChI is InChI=1S/C13H18N2OS/c1-2-14-9-5-6-10-17-13-15-11-7-3-4-8-12(11)16-13/h3-4,7-8,14H,2,5-6,9-10H2,1H3. The van der Waals surface area contributed by atoms with E-state index in [4.69, 9.17) is 4.42 Å². The summed E-state index contributed by atoms with van der Waals surface area (Å²) in [7, 11) is 0. The van der Waals surface area contributed by atoms with Crippen molar-refractivity contribution in [1.29, 1.82) is 0 Å². The predicted octanol–water partition coefficient (Wildman–Crippen LogP) is 3.31.